The van der Waals surface area contributed by atoms with E-state index < -0.39 is 17.5 Å². The van der Waals surface area contributed by atoms with Gasteiger partial charge in [-0.15, -0.1) is 0 Å². The fourth-order valence-corrected chi connectivity index (χ4v) is 3.25. The van der Waals surface area contributed by atoms with E-state index in [9.17, 15) is 19.5 Å². The normalized spacial score (nSPS) is 24.3. The van der Waals surface area contributed by atoms with Crippen LogP contribution in [0.1, 0.15) is 58.8 Å². The minimum atomic E-state index is -0.885. The van der Waals surface area contributed by atoms with Crippen LogP contribution in [0.15, 0.2) is 23.3 Å². The second-order valence-corrected chi connectivity index (χ2v) is 7.03. The summed E-state index contributed by atoms with van der Waals surface area (Å²) in [6.45, 7) is 3.66. The zero-order chi connectivity index (χ0) is 19.7. The first-order valence-corrected chi connectivity index (χ1v) is 8.93. The topological polar surface area (TPSA) is 89.9 Å². The molecule has 0 aromatic heterocycles. The molecule has 6 nitrogen and oxygen atoms in total. The molecule has 0 bridgehead atoms. The molecule has 1 aliphatic carbocycles. The van der Waals surface area contributed by atoms with E-state index in [2.05, 4.69) is 4.74 Å². The minimum absolute atomic E-state index is 0.00940. The molecule has 26 heavy (non-hydrogen) atoms. The number of rotatable bonds is 8. The zero-order valence-electron chi connectivity index (χ0n) is 16.2. The van der Waals surface area contributed by atoms with Crippen molar-refractivity contribution >= 4 is 17.7 Å². The third kappa shape index (κ3) is 6.41. The standard InChI is InChI=1S/C20H30O6/c1-14(6-5-7-15(2)19(24)26-4)10-11-20(13-18(23)25-3)12-16(21)8-9-17(20)22/h7,10,16,21H,5-6,8-9,11-13H2,1-4H3. The Bertz CT molecular complexity index is 589. The van der Waals surface area contributed by atoms with E-state index >= 15 is 0 Å². The molecule has 0 aliphatic heterocycles. The molecule has 1 aliphatic rings. The number of esters is 2. The van der Waals surface area contributed by atoms with Gasteiger partial charge in [-0.05, 0) is 46.0 Å². The summed E-state index contributed by atoms with van der Waals surface area (Å²) < 4.78 is 9.40. The highest BCUT2D eigenvalue weighted by Crippen LogP contribution is 2.40. The summed E-state index contributed by atoms with van der Waals surface area (Å²) in [5.41, 5.74) is 0.744. The highest BCUT2D eigenvalue weighted by Gasteiger charge is 2.44. The number of ether oxygens (including phenoxy) is 2. The van der Waals surface area contributed by atoms with Crippen LogP contribution in [0.2, 0.25) is 0 Å². The number of aliphatic hydroxyl groups excluding tert-OH is 1. The summed E-state index contributed by atoms with van der Waals surface area (Å²) in [5.74, 6) is -0.765. The highest BCUT2D eigenvalue weighted by atomic mass is 16.5. The van der Waals surface area contributed by atoms with Crippen LogP contribution in [0.5, 0.6) is 0 Å². The van der Waals surface area contributed by atoms with E-state index in [-0.39, 0.29) is 31.0 Å². The van der Waals surface area contributed by atoms with E-state index in [0.717, 1.165) is 12.0 Å². The molecule has 0 radical (unpaired) electrons. The second kappa shape index (κ2) is 10.3. The van der Waals surface area contributed by atoms with Gasteiger partial charge in [-0.2, -0.15) is 0 Å². The van der Waals surface area contributed by atoms with Crippen LogP contribution in [0.25, 0.3) is 0 Å². The monoisotopic (exact) mass is 366 g/mol. The molecular weight excluding hydrogens is 336 g/mol. The van der Waals surface area contributed by atoms with Gasteiger partial charge in [0, 0.05) is 17.4 Å². The lowest BCUT2D eigenvalue weighted by Crippen LogP contribution is -2.41. The van der Waals surface area contributed by atoms with Crippen LogP contribution in [0.4, 0.5) is 0 Å². The number of hydrogen-bond donors (Lipinski definition) is 1. The average molecular weight is 366 g/mol. The highest BCUT2D eigenvalue weighted by molar-refractivity contribution is 5.90. The van der Waals surface area contributed by atoms with E-state index in [1.807, 2.05) is 19.1 Å². The van der Waals surface area contributed by atoms with Gasteiger partial charge in [-0.25, -0.2) is 4.79 Å². The van der Waals surface area contributed by atoms with Crippen molar-refractivity contribution in [3.63, 3.8) is 0 Å². The van der Waals surface area contributed by atoms with E-state index in [1.54, 1.807) is 6.92 Å². The Kier molecular flexibility index (Phi) is 8.72. The number of carbonyl (C=O) groups excluding carboxylic acids is 3. The summed E-state index contributed by atoms with van der Waals surface area (Å²) in [4.78, 5) is 35.7. The van der Waals surface area contributed by atoms with Gasteiger partial charge in [0.25, 0.3) is 0 Å². The zero-order valence-corrected chi connectivity index (χ0v) is 16.2. The first-order chi connectivity index (χ1) is 12.2. The molecule has 2 unspecified atom stereocenters. The lowest BCUT2D eigenvalue weighted by Gasteiger charge is -2.36. The van der Waals surface area contributed by atoms with Crippen molar-refractivity contribution in [2.45, 2.75) is 64.9 Å². The Labute approximate surface area is 155 Å². The van der Waals surface area contributed by atoms with Crippen LogP contribution in [0.3, 0.4) is 0 Å². The van der Waals surface area contributed by atoms with Crippen LogP contribution >= 0.6 is 0 Å². The van der Waals surface area contributed by atoms with Crippen LogP contribution in [-0.2, 0) is 23.9 Å². The number of Topliss-reactive ketones (excluding diaryl/α,β-unsaturated/α-hetero) is 1. The largest absolute Gasteiger partial charge is 0.469 e. The fraction of sp³-hybridized carbons (Fsp3) is 0.650. The minimum Gasteiger partial charge on any atom is -0.469 e. The van der Waals surface area contributed by atoms with Crippen LogP contribution < -0.4 is 0 Å². The first kappa shape index (κ1) is 22.1. The SMILES string of the molecule is COC(=O)CC1(CC=C(C)CCC=C(C)C(=O)OC)CC(O)CCC1=O. The lowest BCUT2D eigenvalue weighted by atomic mass is 9.67. The molecule has 6 heteroatoms. The summed E-state index contributed by atoms with van der Waals surface area (Å²) in [6, 6.07) is 0. The van der Waals surface area contributed by atoms with Crippen LogP contribution in [-0.4, -0.2) is 43.2 Å². The van der Waals surface area contributed by atoms with Crippen LogP contribution in [0, 0.1) is 5.41 Å². The molecule has 1 N–H and O–H groups in total. The molecule has 0 heterocycles. The molecule has 2 atom stereocenters. The molecule has 0 aromatic rings. The molecule has 0 saturated heterocycles. The quantitative estimate of drug-likeness (QED) is 0.404. The summed E-state index contributed by atoms with van der Waals surface area (Å²) >= 11 is 0. The van der Waals surface area contributed by atoms with Gasteiger partial charge in [0.2, 0.25) is 0 Å². The van der Waals surface area contributed by atoms with Gasteiger partial charge in [-0.3, -0.25) is 9.59 Å². The maximum absolute atomic E-state index is 12.5. The van der Waals surface area contributed by atoms with Crippen molar-refractivity contribution in [2.24, 2.45) is 5.41 Å². The van der Waals surface area contributed by atoms with Gasteiger partial charge in [0.1, 0.15) is 5.78 Å². The Balaban J connectivity index is 2.78. The van der Waals surface area contributed by atoms with Gasteiger partial charge >= 0.3 is 11.9 Å². The number of methoxy groups -OCH3 is 2. The Morgan fingerprint density at radius 3 is 2.54 bits per heavy atom. The number of ketones is 1. The Hall–Kier alpha value is -1.95. The second-order valence-electron chi connectivity index (χ2n) is 7.03. The van der Waals surface area contributed by atoms with Gasteiger partial charge in [-0.1, -0.05) is 17.7 Å². The van der Waals surface area contributed by atoms with Crippen molar-refractivity contribution in [3.8, 4) is 0 Å². The van der Waals surface area contributed by atoms with Gasteiger partial charge in [0.05, 0.1) is 26.7 Å². The van der Waals surface area contributed by atoms with Crippen molar-refractivity contribution in [1.82, 2.24) is 0 Å². The summed E-state index contributed by atoms with van der Waals surface area (Å²) in [5, 5.41) is 10.0. The first-order valence-electron chi connectivity index (χ1n) is 8.93. The van der Waals surface area contributed by atoms with E-state index in [1.165, 1.54) is 14.2 Å². The molecule has 146 valence electrons. The maximum atomic E-state index is 12.5. The molecule has 1 fully saturated rings. The molecule has 1 saturated carbocycles. The number of carbonyl (C=O) groups is 3. The van der Waals surface area contributed by atoms with Crippen molar-refractivity contribution in [3.05, 3.63) is 23.3 Å². The Morgan fingerprint density at radius 2 is 1.92 bits per heavy atom. The molecule has 0 spiro atoms. The molecule has 0 aromatic carbocycles. The summed E-state index contributed by atoms with van der Waals surface area (Å²) in [7, 11) is 2.65. The number of hydrogen-bond acceptors (Lipinski definition) is 6. The average Bonchev–Trinajstić information content (AvgIpc) is 2.62. The predicted molar refractivity (Wildman–Crippen MR) is 97.3 cm³/mol. The summed E-state index contributed by atoms with van der Waals surface area (Å²) in [6.07, 6.45) is 6.04. The number of aliphatic hydroxyl groups is 1. The van der Waals surface area contributed by atoms with Gasteiger partial charge in [0.15, 0.2) is 0 Å². The van der Waals surface area contributed by atoms with Crippen molar-refractivity contribution < 1.29 is 29.0 Å². The lowest BCUT2D eigenvalue weighted by molar-refractivity contribution is -0.150. The molecule has 1 rings (SSSR count). The van der Waals surface area contributed by atoms with E-state index in [0.29, 0.717) is 24.8 Å². The molecular formula is C20H30O6. The number of allylic oxidation sites excluding steroid dienone is 3. The van der Waals surface area contributed by atoms with Crippen molar-refractivity contribution in [2.75, 3.05) is 14.2 Å². The smallest absolute Gasteiger partial charge is 0.333 e. The van der Waals surface area contributed by atoms with Gasteiger partial charge < -0.3 is 14.6 Å². The Morgan fingerprint density at radius 1 is 1.23 bits per heavy atom. The third-order valence-corrected chi connectivity index (χ3v) is 4.97. The van der Waals surface area contributed by atoms with E-state index in [4.69, 9.17) is 4.74 Å². The maximum Gasteiger partial charge on any atom is 0.333 e. The fourth-order valence-electron chi connectivity index (χ4n) is 3.25. The third-order valence-electron chi connectivity index (χ3n) is 4.97. The predicted octanol–water partition coefficient (Wildman–Crippen LogP) is 2.89. The molecule has 0 amide bonds. The van der Waals surface area contributed by atoms with Crippen molar-refractivity contribution in [1.29, 1.82) is 0 Å².